The van der Waals surface area contributed by atoms with E-state index in [1.807, 2.05) is 91.0 Å². The molecule has 1 fully saturated rings. The van der Waals surface area contributed by atoms with E-state index in [2.05, 4.69) is 5.16 Å². The molecule has 0 aliphatic carbocycles. The third kappa shape index (κ3) is 6.59. The van der Waals surface area contributed by atoms with E-state index in [1.165, 1.54) is 0 Å². The van der Waals surface area contributed by atoms with E-state index in [9.17, 15) is 9.90 Å². The summed E-state index contributed by atoms with van der Waals surface area (Å²) in [5, 5.41) is 15.9. The van der Waals surface area contributed by atoms with E-state index in [1.54, 1.807) is 30.3 Å². The number of aliphatic hydroxyl groups is 1. The summed E-state index contributed by atoms with van der Waals surface area (Å²) < 4.78 is 25.5. The summed E-state index contributed by atoms with van der Waals surface area (Å²) in [6.45, 7) is 0.974. The lowest BCUT2D eigenvalue weighted by atomic mass is 9.88. The molecule has 0 bridgehead atoms. The highest BCUT2D eigenvalue weighted by molar-refractivity contribution is 6.08. The molecule has 2 aliphatic rings. The molecule has 5 atom stereocenters. The molecule has 6 rings (SSSR count). The van der Waals surface area contributed by atoms with E-state index < -0.39 is 36.0 Å². The minimum atomic E-state index is -2.38. The van der Waals surface area contributed by atoms with Gasteiger partial charge in [-0.3, -0.25) is 4.79 Å². The first-order chi connectivity index (χ1) is 21.1. The number of ketones is 1. The number of Topliss-reactive ketones (excluding diaryl/α,β-unsaturated/α-hetero) is 1. The predicted molar refractivity (Wildman–Crippen MR) is 159 cm³/mol. The van der Waals surface area contributed by atoms with E-state index in [4.69, 9.17) is 23.8 Å². The molecule has 220 valence electrons. The number of ether oxygens (including phenoxy) is 4. The van der Waals surface area contributed by atoms with Gasteiger partial charge in [0.15, 0.2) is 6.10 Å². The van der Waals surface area contributed by atoms with Crippen LogP contribution in [0.15, 0.2) is 126 Å². The first kappa shape index (κ1) is 28.9. The van der Waals surface area contributed by atoms with Crippen LogP contribution < -0.4 is 0 Å². The fourth-order valence-electron chi connectivity index (χ4n) is 5.26. The van der Waals surface area contributed by atoms with Crippen LogP contribution in [0.3, 0.4) is 0 Å². The van der Waals surface area contributed by atoms with Crippen LogP contribution in [0.5, 0.6) is 0 Å². The van der Waals surface area contributed by atoms with Gasteiger partial charge in [0.25, 0.3) is 0 Å². The zero-order chi connectivity index (χ0) is 29.5. The summed E-state index contributed by atoms with van der Waals surface area (Å²) in [6, 6.07) is 37.7. The smallest absolute Gasteiger partial charge is 0.330 e. The molecule has 43 heavy (non-hydrogen) atoms. The zero-order valence-electron chi connectivity index (χ0n) is 23.5. The zero-order valence-corrected chi connectivity index (χ0v) is 23.5. The van der Waals surface area contributed by atoms with Gasteiger partial charge in [0.2, 0.25) is 5.78 Å². The highest BCUT2D eigenvalue weighted by Gasteiger charge is 2.62. The van der Waals surface area contributed by atoms with Gasteiger partial charge in [-0.05, 0) is 16.7 Å². The molecule has 4 aromatic rings. The topological polar surface area (TPSA) is 95.8 Å². The maximum Gasteiger partial charge on any atom is 0.330 e. The Hall–Kier alpha value is -4.18. The normalized spacial score (nSPS) is 24.5. The van der Waals surface area contributed by atoms with Crippen LogP contribution in [0.2, 0.25) is 0 Å². The summed E-state index contributed by atoms with van der Waals surface area (Å²) >= 11 is 0. The quantitative estimate of drug-likeness (QED) is 0.233. The van der Waals surface area contributed by atoms with Crippen LogP contribution in [0.25, 0.3) is 0 Å². The molecule has 8 nitrogen and oxygen atoms in total. The number of fused-ring (bicyclic) bond motifs is 1. The first-order valence-electron chi connectivity index (χ1n) is 14.3. The molecular formula is C35H33NO7. The lowest BCUT2D eigenvalue weighted by Crippen LogP contribution is -2.64. The largest absolute Gasteiger partial charge is 0.374 e. The van der Waals surface area contributed by atoms with Crippen molar-refractivity contribution >= 4 is 11.5 Å². The fraction of sp³-hybridized carbons (Fsp3) is 0.257. The Balaban J connectivity index is 1.30. The molecule has 2 heterocycles. The summed E-state index contributed by atoms with van der Waals surface area (Å²) in [7, 11) is 0. The highest BCUT2D eigenvalue weighted by atomic mass is 16.8. The Bertz CT molecular complexity index is 1500. The van der Waals surface area contributed by atoms with Gasteiger partial charge in [-0.1, -0.05) is 126 Å². The van der Waals surface area contributed by atoms with Crippen molar-refractivity contribution in [3.05, 3.63) is 144 Å². The molecule has 8 heteroatoms. The maximum atomic E-state index is 13.6. The number of hydrogen-bond donors (Lipinski definition) is 1. The summed E-state index contributed by atoms with van der Waals surface area (Å²) in [5.41, 5.74) is 3.43. The minimum absolute atomic E-state index is 0.110. The second-order valence-corrected chi connectivity index (χ2v) is 10.5. The van der Waals surface area contributed by atoms with Crippen molar-refractivity contribution in [2.75, 3.05) is 6.61 Å². The van der Waals surface area contributed by atoms with Gasteiger partial charge < -0.3 is 28.9 Å². The molecule has 0 aromatic heterocycles. The second-order valence-electron chi connectivity index (χ2n) is 10.5. The van der Waals surface area contributed by atoms with Crippen molar-refractivity contribution < 1.29 is 33.7 Å². The first-order valence-corrected chi connectivity index (χ1v) is 14.3. The van der Waals surface area contributed by atoms with Crippen molar-refractivity contribution in [1.29, 1.82) is 0 Å². The Morgan fingerprint density at radius 2 is 1.23 bits per heavy atom. The Morgan fingerprint density at radius 1 is 0.721 bits per heavy atom. The lowest BCUT2D eigenvalue weighted by molar-refractivity contribution is -0.238. The van der Waals surface area contributed by atoms with Crippen molar-refractivity contribution in [2.45, 2.75) is 50.0 Å². The van der Waals surface area contributed by atoms with Gasteiger partial charge in [0.1, 0.15) is 24.0 Å². The van der Waals surface area contributed by atoms with Crippen LogP contribution in [-0.4, -0.2) is 53.4 Å². The number of carbonyl (C=O) groups is 1. The van der Waals surface area contributed by atoms with Gasteiger partial charge >= 0.3 is 5.79 Å². The van der Waals surface area contributed by atoms with Gasteiger partial charge in [0.05, 0.1) is 26.4 Å². The van der Waals surface area contributed by atoms with Crippen molar-refractivity contribution in [3.8, 4) is 0 Å². The van der Waals surface area contributed by atoms with Crippen molar-refractivity contribution in [3.63, 3.8) is 0 Å². The molecule has 4 aromatic carbocycles. The van der Waals surface area contributed by atoms with Crippen LogP contribution >= 0.6 is 0 Å². The molecule has 0 amide bonds. The van der Waals surface area contributed by atoms with Gasteiger partial charge in [0, 0.05) is 5.56 Å². The number of oxime groups is 1. The standard InChI is InChI=1S/C35H33NO7/c37-33(28-19-11-4-12-20-28)35(38)34-30(36-43-35)32(41-23-27-17-9-3-10-18-27)31(40-22-26-15-7-2-8-16-26)29(42-34)24-39-21-25-13-5-1-6-14-25/h1-20,29,31-32,34,38H,21-24H2/t29-,31+,32-,34-,35+/m1/s1. The Labute approximate surface area is 250 Å². The summed E-state index contributed by atoms with van der Waals surface area (Å²) in [4.78, 5) is 19.1. The molecular weight excluding hydrogens is 546 g/mol. The van der Waals surface area contributed by atoms with Gasteiger partial charge in [-0.25, -0.2) is 0 Å². The molecule has 0 saturated carbocycles. The third-order valence-corrected chi connectivity index (χ3v) is 7.49. The minimum Gasteiger partial charge on any atom is -0.374 e. The number of benzene rings is 4. The van der Waals surface area contributed by atoms with Gasteiger partial charge in [-0.15, -0.1) is 0 Å². The van der Waals surface area contributed by atoms with Crippen molar-refractivity contribution in [1.82, 2.24) is 0 Å². The number of nitrogens with zero attached hydrogens (tertiary/aromatic N) is 1. The molecule has 0 unspecified atom stereocenters. The molecule has 1 saturated heterocycles. The van der Waals surface area contributed by atoms with Crippen LogP contribution in [0.4, 0.5) is 0 Å². The van der Waals surface area contributed by atoms with E-state index >= 15 is 0 Å². The van der Waals surface area contributed by atoms with Crippen LogP contribution in [0, 0.1) is 0 Å². The van der Waals surface area contributed by atoms with Crippen LogP contribution in [0.1, 0.15) is 27.0 Å². The summed E-state index contributed by atoms with van der Waals surface area (Å²) in [6.07, 6.45) is -3.45. The average molecular weight is 580 g/mol. The van der Waals surface area contributed by atoms with Crippen LogP contribution in [-0.2, 0) is 43.6 Å². The van der Waals surface area contributed by atoms with Crippen molar-refractivity contribution in [2.24, 2.45) is 5.16 Å². The van der Waals surface area contributed by atoms with Gasteiger partial charge in [-0.2, -0.15) is 0 Å². The summed E-state index contributed by atoms with van der Waals surface area (Å²) in [5.74, 6) is -3.04. The maximum absolute atomic E-state index is 13.6. The third-order valence-electron chi connectivity index (χ3n) is 7.49. The number of hydrogen-bond acceptors (Lipinski definition) is 8. The highest BCUT2D eigenvalue weighted by Crippen LogP contribution is 2.37. The molecule has 1 N–H and O–H groups in total. The van der Waals surface area contributed by atoms with E-state index in [-0.39, 0.29) is 31.1 Å². The average Bonchev–Trinajstić information content (AvgIpc) is 3.41. The monoisotopic (exact) mass is 579 g/mol. The fourth-order valence-corrected chi connectivity index (χ4v) is 5.26. The second kappa shape index (κ2) is 13.4. The lowest BCUT2D eigenvalue weighted by Gasteiger charge is -2.42. The SMILES string of the molecule is O=C(c1ccccc1)[C@]1(O)ON=C2[C@@H](OCc3ccccc3)[C@@H](OCc3ccccc3)[C@@H](COCc3ccccc3)O[C@H]21. The number of rotatable bonds is 12. The van der Waals surface area contributed by atoms with E-state index in [0.29, 0.717) is 6.61 Å². The molecule has 2 aliphatic heterocycles. The number of carbonyl (C=O) groups excluding carboxylic acids is 1. The predicted octanol–water partition coefficient (Wildman–Crippen LogP) is 5.10. The molecule has 0 spiro atoms. The Morgan fingerprint density at radius 3 is 1.81 bits per heavy atom. The Kier molecular flexibility index (Phi) is 9.02. The molecule has 0 radical (unpaired) electrons. The van der Waals surface area contributed by atoms with E-state index in [0.717, 1.165) is 16.7 Å².